The van der Waals surface area contributed by atoms with E-state index in [-0.39, 0.29) is 42.9 Å². The molecule has 0 unspecified atom stereocenters. The maximum absolute atomic E-state index is 13.4. The van der Waals surface area contributed by atoms with Crippen LogP contribution in [0, 0.1) is 12.8 Å². The first-order valence-electron chi connectivity index (χ1n) is 23.7. The molecule has 0 radical (unpaired) electrons. The third-order valence-corrected chi connectivity index (χ3v) is 11.1. The van der Waals surface area contributed by atoms with E-state index in [4.69, 9.17) is 36.4 Å². The lowest BCUT2D eigenvalue weighted by molar-refractivity contribution is -0.102. The number of aliphatic imine (C=N–C) groups is 2. The molecule has 2 aromatic heterocycles. The summed E-state index contributed by atoms with van der Waals surface area (Å²) >= 11 is 0. The van der Waals surface area contributed by atoms with Crippen molar-refractivity contribution in [2.24, 2.45) is 33.1 Å². The highest BCUT2D eigenvalue weighted by molar-refractivity contribution is 6.33. The van der Waals surface area contributed by atoms with E-state index in [0.29, 0.717) is 108 Å². The monoisotopic (exact) mass is 994 g/mol. The summed E-state index contributed by atoms with van der Waals surface area (Å²) in [7, 11) is 3.22. The molecule has 0 bridgehead atoms. The first-order valence-corrected chi connectivity index (χ1v) is 23.7. The molecular formula is C51H71N13O8. The molecule has 21 heteroatoms. The number of anilines is 2. The molecule has 0 spiro atoms. The van der Waals surface area contributed by atoms with Gasteiger partial charge < -0.3 is 56.4 Å². The summed E-state index contributed by atoms with van der Waals surface area (Å²) in [6.07, 6.45) is 12.4. The Labute approximate surface area is 421 Å². The lowest BCUT2D eigenvalue weighted by atomic mass is 9.93. The second-order valence-corrected chi connectivity index (χ2v) is 17.7. The van der Waals surface area contributed by atoms with Crippen molar-refractivity contribution in [3.8, 4) is 11.5 Å². The van der Waals surface area contributed by atoms with E-state index < -0.39 is 17.4 Å². The predicted molar refractivity (Wildman–Crippen MR) is 282 cm³/mol. The van der Waals surface area contributed by atoms with E-state index in [0.717, 1.165) is 19.3 Å². The molecule has 4 aromatic rings. The molecule has 72 heavy (non-hydrogen) atoms. The topological polar surface area (TPSA) is 282 Å². The SMILES string of the molecule is C=Nc1cc(C(N)=O)cc(OC)c1N(C/C=C/Cn1c(NC)nc2cc(C(N)=O)cc(OC/C=C/CC3CCN(C(=O)OC(C)(C)C)CC3)c21)CNC(=O)c1cc(C)nn1CC.CCN=C(C=O)/C=C(/C)N. The molecular weight excluding hydrogens is 923 g/mol. The number of ether oxygens (including phenoxy) is 3. The summed E-state index contributed by atoms with van der Waals surface area (Å²) in [4.78, 5) is 77.0. The summed E-state index contributed by atoms with van der Waals surface area (Å²) in [5, 5.41) is 10.5. The normalized spacial score (nSPS) is 13.4. The Bertz CT molecular complexity index is 2680. The Hall–Kier alpha value is -7.97. The highest BCUT2D eigenvalue weighted by Crippen LogP contribution is 2.39. The second-order valence-electron chi connectivity index (χ2n) is 17.7. The number of aldehydes is 1. The number of methoxy groups -OCH3 is 1. The largest absolute Gasteiger partial charge is 0.494 e. The Balaban J connectivity index is 0.00000101. The molecule has 388 valence electrons. The van der Waals surface area contributed by atoms with Gasteiger partial charge in [0.2, 0.25) is 17.8 Å². The van der Waals surface area contributed by atoms with Gasteiger partial charge in [0.1, 0.15) is 40.6 Å². The van der Waals surface area contributed by atoms with Gasteiger partial charge in [0, 0.05) is 63.1 Å². The minimum Gasteiger partial charge on any atom is -0.494 e. The molecule has 1 aliphatic heterocycles. The van der Waals surface area contributed by atoms with Gasteiger partial charge in [-0.05, 0) is 117 Å². The fourth-order valence-electron chi connectivity index (χ4n) is 7.73. The number of nitrogens with two attached hydrogens (primary N) is 3. The van der Waals surface area contributed by atoms with Crippen LogP contribution in [0.15, 0.2) is 76.4 Å². The quantitative estimate of drug-likeness (QED) is 0.0259. The number of nitrogens with zero attached hydrogens (tertiary/aromatic N) is 8. The zero-order valence-electron chi connectivity index (χ0n) is 43.0. The number of hydrogen-bond acceptors (Lipinski definition) is 15. The lowest BCUT2D eigenvalue weighted by Gasteiger charge is -2.33. The predicted octanol–water partition coefficient (Wildman–Crippen LogP) is 6.07. The number of carbonyl (C=O) groups is 5. The highest BCUT2D eigenvalue weighted by atomic mass is 16.6. The molecule has 21 nitrogen and oxygen atoms in total. The van der Waals surface area contributed by atoms with Crippen LogP contribution < -0.4 is 42.2 Å². The smallest absolute Gasteiger partial charge is 0.410 e. The number of imidazole rings is 1. The fourth-order valence-corrected chi connectivity index (χ4v) is 7.73. The molecule has 8 N–H and O–H groups in total. The highest BCUT2D eigenvalue weighted by Gasteiger charge is 2.27. The van der Waals surface area contributed by atoms with Crippen molar-refractivity contribution in [2.45, 2.75) is 86.4 Å². The number of allylic oxidation sites excluding steroid dienone is 4. The van der Waals surface area contributed by atoms with Gasteiger partial charge in [-0.25, -0.2) is 9.78 Å². The van der Waals surface area contributed by atoms with E-state index in [1.165, 1.54) is 19.2 Å². The Morgan fingerprint density at radius 1 is 0.972 bits per heavy atom. The van der Waals surface area contributed by atoms with E-state index in [2.05, 4.69) is 38.5 Å². The maximum Gasteiger partial charge on any atom is 0.410 e. The second kappa shape index (κ2) is 26.9. The van der Waals surface area contributed by atoms with Gasteiger partial charge in [0.15, 0.2) is 6.29 Å². The first kappa shape index (κ1) is 56.6. The van der Waals surface area contributed by atoms with Gasteiger partial charge in [-0.15, -0.1) is 0 Å². The van der Waals surface area contributed by atoms with Crippen molar-refractivity contribution in [3.63, 3.8) is 0 Å². The average molecular weight is 994 g/mol. The molecule has 0 saturated carbocycles. The van der Waals surface area contributed by atoms with Crippen molar-refractivity contribution >= 4 is 70.9 Å². The number of primary amides is 2. The minimum atomic E-state index is -0.660. The van der Waals surface area contributed by atoms with Crippen LogP contribution in [0.5, 0.6) is 11.5 Å². The van der Waals surface area contributed by atoms with E-state index in [1.54, 1.807) is 47.8 Å². The molecule has 0 aliphatic carbocycles. The molecule has 3 heterocycles. The average Bonchev–Trinajstić information content (AvgIpc) is 3.91. The molecule has 2 aromatic carbocycles. The third kappa shape index (κ3) is 16.0. The molecule has 1 saturated heterocycles. The lowest BCUT2D eigenvalue weighted by Crippen LogP contribution is -2.41. The van der Waals surface area contributed by atoms with Crippen molar-refractivity contribution in [2.75, 3.05) is 63.8 Å². The minimum absolute atomic E-state index is 0.0222. The van der Waals surface area contributed by atoms with E-state index in [9.17, 15) is 24.0 Å². The molecule has 0 atom stereocenters. The fraction of sp³-hybridized carbons (Fsp3) is 0.431. The molecule has 1 fully saturated rings. The van der Waals surface area contributed by atoms with E-state index in [1.807, 2.05) is 69.2 Å². The number of nitrogens with one attached hydrogen (secondary N) is 2. The van der Waals surface area contributed by atoms with Gasteiger partial charge in [-0.2, -0.15) is 5.10 Å². The van der Waals surface area contributed by atoms with Crippen molar-refractivity contribution < 1.29 is 38.2 Å². The van der Waals surface area contributed by atoms with Crippen LogP contribution in [0.4, 0.5) is 22.1 Å². The van der Waals surface area contributed by atoms with Crippen LogP contribution >= 0.6 is 0 Å². The number of amides is 4. The number of piperidine rings is 1. The summed E-state index contributed by atoms with van der Waals surface area (Å²) in [5.74, 6) is 0.0944. The summed E-state index contributed by atoms with van der Waals surface area (Å²) in [5.41, 5.74) is 20.7. The van der Waals surface area contributed by atoms with Crippen molar-refractivity contribution in [1.29, 1.82) is 0 Å². The standard InChI is InChI=1S/C44H59N11O7.C7H12N2O/c1-9-55-34(22-28(2)51-55)41(58)49-27-53(37-32(47-6)23-30(39(45)56)25-35(37)60-8)17-11-12-18-54-38-33(50-42(54)48-7)24-31(40(46)57)26-36(38)61-21-13-10-14-29-15-19-52(20-16-29)43(59)62-44(3,4)5;1-3-9-7(5-10)4-6(2)8/h10-13,22-26,29H,6,9,14-21,27H2,1-5,7-8H3,(H2,45,56)(H2,46,57)(H,48,50)(H,49,58);4-5H,3,8H2,1-2H3/b12-11+,13-10+;6-4-,9-7?. The number of aromatic nitrogens is 4. The number of hydrogen-bond donors (Lipinski definition) is 5. The van der Waals surface area contributed by atoms with Crippen molar-refractivity contribution in [1.82, 2.24) is 29.5 Å². The Morgan fingerprint density at radius 3 is 2.24 bits per heavy atom. The number of aryl methyl sites for hydroxylation is 2. The van der Waals surface area contributed by atoms with Gasteiger partial charge in [-0.1, -0.05) is 24.3 Å². The van der Waals surface area contributed by atoms with E-state index >= 15 is 0 Å². The summed E-state index contributed by atoms with van der Waals surface area (Å²) in [6, 6.07) is 8.01. The summed E-state index contributed by atoms with van der Waals surface area (Å²) in [6.45, 7) is 19.9. The van der Waals surface area contributed by atoms with Crippen LogP contribution in [0.25, 0.3) is 11.0 Å². The molecule has 5 rings (SSSR count). The third-order valence-electron chi connectivity index (χ3n) is 11.1. The molecule has 1 aliphatic rings. The van der Waals surface area contributed by atoms with Crippen LogP contribution in [0.2, 0.25) is 0 Å². The number of rotatable bonds is 22. The van der Waals surface area contributed by atoms with Gasteiger partial charge in [0.05, 0.1) is 36.4 Å². The maximum atomic E-state index is 13.4. The van der Waals surface area contributed by atoms with Crippen LogP contribution in [0.1, 0.15) is 97.7 Å². The van der Waals surface area contributed by atoms with Gasteiger partial charge >= 0.3 is 6.09 Å². The zero-order valence-corrected chi connectivity index (χ0v) is 43.0. The zero-order chi connectivity index (χ0) is 53.1. The number of fused-ring (bicyclic) bond motifs is 1. The Morgan fingerprint density at radius 2 is 1.65 bits per heavy atom. The van der Waals surface area contributed by atoms with Crippen LogP contribution in [-0.2, 0) is 22.6 Å². The van der Waals surface area contributed by atoms with Crippen LogP contribution in [0.3, 0.4) is 0 Å². The number of benzene rings is 2. The molecule has 4 amide bonds. The van der Waals surface area contributed by atoms with Gasteiger partial charge in [-0.3, -0.25) is 33.8 Å². The number of likely N-dealkylation sites (tertiary alicyclic amines) is 1. The van der Waals surface area contributed by atoms with Crippen LogP contribution in [-0.4, -0.2) is 126 Å². The Kier molecular flexibility index (Phi) is 21.1. The summed E-state index contributed by atoms with van der Waals surface area (Å²) < 4.78 is 21.1. The number of carbonyl (C=O) groups excluding carboxylic acids is 5. The first-order chi connectivity index (χ1) is 34.3. The van der Waals surface area contributed by atoms with Gasteiger partial charge in [0.25, 0.3) is 5.91 Å². The van der Waals surface area contributed by atoms with Crippen molar-refractivity contribution in [3.05, 3.63) is 88.9 Å².